The van der Waals surface area contributed by atoms with E-state index in [-0.39, 0.29) is 5.97 Å². The van der Waals surface area contributed by atoms with E-state index in [9.17, 15) is 4.79 Å². The van der Waals surface area contributed by atoms with Crippen LogP contribution in [0.1, 0.15) is 23.5 Å². The smallest absolute Gasteiger partial charge is 0.348 e. The predicted molar refractivity (Wildman–Crippen MR) is 110 cm³/mol. The van der Waals surface area contributed by atoms with E-state index >= 15 is 0 Å². The van der Waals surface area contributed by atoms with Crippen molar-refractivity contribution < 1.29 is 14.3 Å². The fourth-order valence-electron chi connectivity index (χ4n) is 3.01. The lowest BCUT2D eigenvalue weighted by molar-refractivity contribution is 0.0607. The van der Waals surface area contributed by atoms with Gasteiger partial charge in [0.1, 0.15) is 22.1 Å². The largest absolute Gasteiger partial charge is 0.492 e. The Morgan fingerprint density at radius 1 is 1.15 bits per heavy atom. The molecule has 142 valence electrons. The van der Waals surface area contributed by atoms with Gasteiger partial charge in [-0.1, -0.05) is 26.0 Å². The molecule has 3 rings (SSSR count). The number of carbonyl (C=O) groups excluding carboxylic acids is 1. The lowest BCUT2D eigenvalue weighted by Crippen LogP contribution is -2.27. The Balaban J connectivity index is 1.84. The molecule has 6 heteroatoms. The standard InChI is InChI=1S/C21H24N2O3S/c1-4-23(5-2)13-14-26-16-10-8-15(9-11-16)18-17-7-6-12-22-20(17)27-19(18)21(24)25-3/h6-12H,4-5,13-14H2,1-3H3. The number of nitrogens with zero attached hydrogens (tertiary/aromatic N) is 2. The number of methoxy groups -OCH3 is 1. The average molecular weight is 385 g/mol. The number of rotatable bonds is 8. The number of aromatic nitrogens is 1. The van der Waals surface area contributed by atoms with Crippen LogP contribution >= 0.6 is 11.3 Å². The Bertz CT molecular complexity index is 901. The third kappa shape index (κ3) is 4.28. The highest BCUT2D eigenvalue weighted by Crippen LogP contribution is 2.38. The quantitative estimate of drug-likeness (QED) is 0.536. The third-order valence-electron chi connectivity index (χ3n) is 4.55. The second-order valence-electron chi connectivity index (χ2n) is 6.05. The van der Waals surface area contributed by atoms with Crippen LogP contribution < -0.4 is 4.74 Å². The molecule has 0 radical (unpaired) electrons. The highest BCUT2D eigenvalue weighted by atomic mass is 32.1. The summed E-state index contributed by atoms with van der Waals surface area (Å²) >= 11 is 1.36. The molecule has 2 aromatic heterocycles. The van der Waals surface area contributed by atoms with Gasteiger partial charge >= 0.3 is 5.97 Å². The van der Waals surface area contributed by atoms with Crippen LogP contribution in [0.4, 0.5) is 0 Å². The molecule has 0 amide bonds. The zero-order chi connectivity index (χ0) is 19.2. The van der Waals surface area contributed by atoms with Crippen LogP contribution in [-0.4, -0.2) is 49.2 Å². The third-order valence-corrected chi connectivity index (χ3v) is 5.64. The highest BCUT2D eigenvalue weighted by molar-refractivity contribution is 7.21. The summed E-state index contributed by atoms with van der Waals surface area (Å²) in [4.78, 5) is 20.3. The van der Waals surface area contributed by atoms with E-state index in [1.54, 1.807) is 6.20 Å². The maximum Gasteiger partial charge on any atom is 0.348 e. The second kappa shape index (κ2) is 8.97. The molecule has 5 nitrogen and oxygen atoms in total. The molecule has 0 saturated heterocycles. The van der Waals surface area contributed by atoms with E-state index in [0.29, 0.717) is 11.5 Å². The van der Waals surface area contributed by atoms with Crippen LogP contribution in [0.3, 0.4) is 0 Å². The van der Waals surface area contributed by atoms with Crippen molar-refractivity contribution in [3.05, 3.63) is 47.5 Å². The van der Waals surface area contributed by atoms with E-state index in [1.165, 1.54) is 18.4 Å². The normalized spacial score (nSPS) is 11.1. The molecule has 2 heterocycles. The van der Waals surface area contributed by atoms with Gasteiger partial charge in [0.15, 0.2) is 0 Å². The minimum absolute atomic E-state index is 0.340. The number of thiophene rings is 1. The number of benzene rings is 1. The van der Waals surface area contributed by atoms with Crippen LogP contribution in [-0.2, 0) is 4.74 Å². The van der Waals surface area contributed by atoms with E-state index in [2.05, 4.69) is 23.7 Å². The first-order valence-corrected chi connectivity index (χ1v) is 9.91. The topological polar surface area (TPSA) is 51.7 Å². The number of hydrogen-bond acceptors (Lipinski definition) is 6. The first kappa shape index (κ1) is 19.3. The molecule has 0 saturated carbocycles. The minimum atomic E-state index is -0.340. The lowest BCUT2D eigenvalue weighted by atomic mass is 10.0. The van der Waals surface area contributed by atoms with Gasteiger partial charge in [0, 0.05) is 23.7 Å². The molecular weight excluding hydrogens is 360 g/mol. The SMILES string of the molecule is CCN(CC)CCOc1ccc(-c2c(C(=O)OC)sc3ncccc23)cc1. The van der Waals surface area contributed by atoms with Crippen molar-refractivity contribution in [1.29, 1.82) is 0 Å². The molecule has 0 bridgehead atoms. The first-order chi connectivity index (χ1) is 13.2. The maximum absolute atomic E-state index is 12.2. The average Bonchev–Trinajstić information content (AvgIpc) is 3.11. The summed E-state index contributed by atoms with van der Waals surface area (Å²) in [6.45, 7) is 7.90. The molecule has 0 aliphatic rings. The van der Waals surface area contributed by atoms with Crippen molar-refractivity contribution in [2.45, 2.75) is 13.8 Å². The fourth-order valence-corrected chi connectivity index (χ4v) is 4.09. The van der Waals surface area contributed by atoms with Gasteiger partial charge in [-0.3, -0.25) is 0 Å². The summed E-state index contributed by atoms with van der Waals surface area (Å²) in [7, 11) is 1.40. The summed E-state index contributed by atoms with van der Waals surface area (Å²) in [5.41, 5.74) is 1.82. The predicted octanol–water partition coefficient (Wildman–Crippen LogP) is 4.47. The molecule has 1 aromatic carbocycles. The highest BCUT2D eigenvalue weighted by Gasteiger charge is 2.20. The number of esters is 1. The number of carbonyl (C=O) groups is 1. The van der Waals surface area contributed by atoms with Crippen molar-refractivity contribution in [2.24, 2.45) is 0 Å². The molecular formula is C21H24N2O3S. The Morgan fingerprint density at radius 2 is 1.89 bits per heavy atom. The Morgan fingerprint density at radius 3 is 2.56 bits per heavy atom. The molecule has 27 heavy (non-hydrogen) atoms. The Labute approximate surface area is 163 Å². The van der Waals surface area contributed by atoms with Crippen LogP contribution in [0.25, 0.3) is 21.3 Å². The van der Waals surface area contributed by atoms with Gasteiger partial charge in [-0.15, -0.1) is 11.3 Å². The maximum atomic E-state index is 12.2. The molecule has 0 aliphatic heterocycles. The summed E-state index contributed by atoms with van der Waals surface area (Å²) in [5, 5.41) is 0.957. The molecule has 0 atom stereocenters. The van der Waals surface area contributed by atoms with Crippen LogP contribution in [0.15, 0.2) is 42.6 Å². The van der Waals surface area contributed by atoms with Gasteiger partial charge in [0.2, 0.25) is 0 Å². The van der Waals surface area contributed by atoms with Crippen molar-refractivity contribution in [2.75, 3.05) is 33.4 Å². The number of fused-ring (bicyclic) bond motifs is 1. The van der Waals surface area contributed by atoms with E-state index in [0.717, 1.165) is 46.7 Å². The number of hydrogen-bond donors (Lipinski definition) is 0. The molecule has 0 unspecified atom stereocenters. The van der Waals surface area contributed by atoms with Crippen molar-refractivity contribution in [1.82, 2.24) is 9.88 Å². The zero-order valence-corrected chi connectivity index (χ0v) is 16.7. The minimum Gasteiger partial charge on any atom is -0.492 e. The van der Waals surface area contributed by atoms with Crippen LogP contribution in [0, 0.1) is 0 Å². The molecule has 0 N–H and O–H groups in total. The summed E-state index contributed by atoms with van der Waals surface area (Å²) in [6, 6.07) is 11.7. The van der Waals surface area contributed by atoms with Gasteiger partial charge in [-0.25, -0.2) is 9.78 Å². The van der Waals surface area contributed by atoms with Crippen LogP contribution in [0.2, 0.25) is 0 Å². The summed E-state index contributed by atoms with van der Waals surface area (Å²) < 4.78 is 10.8. The molecule has 0 fully saturated rings. The number of ether oxygens (including phenoxy) is 2. The van der Waals surface area contributed by atoms with Crippen LogP contribution in [0.5, 0.6) is 5.75 Å². The van der Waals surface area contributed by atoms with E-state index in [1.807, 2.05) is 36.4 Å². The zero-order valence-electron chi connectivity index (χ0n) is 15.9. The van der Waals surface area contributed by atoms with Crippen molar-refractivity contribution in [3.63, 3.8) is 0 Å². The molecule has 3 aromatic rings. The summed E-state index contributed by atoms with van der Waals surface area (Å²) in [6.07, 6.45) is 1.73. The monoisotopic (exact) mass is 384 g/mol. The van der Waals surface area contributed by atoms with E-state index in [4.69, 9.17) is 9.47 Å². The van der Waals surface area contributed by atoms with Crippen molar-refractivity contribution >= 4 is 27.5 Å². The van der Waals surface area contributed by atoms with E-state index < -0.39 is 0 Å². The van der Waals surface area contributed by atoms with Gasteiger partial charge in [0.25, 0.3) is 0 Å². The Kier molecular flexibility index (Phi) is 6.42. The van der Waals surface area contributed by atoms with Gasteiger partial charge in [0.05, 0.1) is 7.11 Å². The van der Waals surface area contributed by atoms with Crippen molar-refractivity contribution in [3.8, 4) is 16.9 Å². The number of pyridine rings is 1. The first-order valence-electron chi connectivity index (χ1n) is 9.09. The fraction of sp³-hybridized carbons (Fsp3) is 0.333. The number of likely N-dealkylation sites (N-methyl/N-ethyl adjacent to an activating group) is 1. The molecule has 0 spiro atoms. The second-order valence-corrected chi connectivity index (χ2v) is 7.05. The van der Waals surface area contributed by atoms with Gasteiger partial charge in [-0.2, -0.15) is 0 Å². The summed E-state index contributed by atoms with van der Waals surface area (Å²) in [5.74, 6) is 0.482. The Hall–Kier alpha value is -2.44. The molecule has 0 aliphatic carbocycles. The van der Waals surface area contributed by atoms with Gasteiger partial charge in [-0.05, 0) is 42.9 Å². The van der Waals surface area contributed by atoms with Gasteiger partial charge < -0.3 is 14.4 Å². The lowest BCUT2D eigenvalue weighted by Gasteiger charge is -2.18.